The highest BCUT2D eigenvalue weighted by atomic mass is 32.2. The Labute approximate surface area is 174 Å². The van der Waals surface area contributed by atoms with Crippen molar-refractivity contribution in [1.82, 2.24) is 4.31 Å². The highest BCUT2D eigenvalue weighted by molar-refractivity contribution is 7.89. The number of rotatable bonds is 7. The molecule has 1 aliphatic heterocycles. The van der Waals surface area contributed by atoms with Crippen LogP contribution in [-0.2, 0) is 14.8 Å². The van der Waals surface area contributed by atoms with Gasteiger partial charge in [-0.25, -0.2) is 8.42 Å². The van der Waals surface area contributed by atoms with Crippen molar-refractivity contribution in [3.05, 3.63) is 58.1 Å². The van der Waals surface area contributed by atoms with Crippen LogP contribution in [0.1, 0.15) is 5.56 Å². The first kappa shape index (κ1) is 21.7. The van der Waals surface area contributed by atoms with Gasteiger partial charge in [0.15, 0.2) is 0 Å². The van der Waals surface area contributed by atoms with E-state index >= 15 is 0 Å². The minimum absolute atomic E-state index is 0.160. The smallest absolute Gasteiger partial charge is 0.270 e. The molecule has 0 saturated carbocycles. The number of benzene rings is 2. The maximum atomic E-state index is 13.1. The lowest BCUT2D eigenvalue weighted by molar-refractivity contribution is -0.385. The fourth-order valence-corrected chi connectivity index (χ4v) is 4.46. The standard InChI is InChI=1S/C19H23N5O5S/c1-22(2)16-5-3-15(4-6-16)14-20-21-18-8-7-17(24(25)26)13-19(18)30(27,28)23-9-11-29-12-10-23/h3-8,13-14,21H,9-12H2,1-2H3/b20-14+. The van der Waals surface area contributed by atoms with Gasteiger partial charge in [-0.15, -0.1) is 0 Å². The van der Waals surface area contributed by atoms with E-state index < -0.39 is 14.9 Å². The summed E-state index contributed by atoms with van der Waals surface area (Å²) in [5.41, 5.74) is 4.41. The molecule has 2 aromatic carbocycles. The molecule has 3 rings (SSSR count). The average Bonchev–Trinajstić information content (AvgIpc) is 2.74. The van der Waals surface area contributed by atoms with Crippen molar-refractivity contribution in [3.8, 4) is 0 Å². The maximum absolute atomic E-state index is 13.1. The third-order valence-electron chi connectivity index (χ3n) is 4.57. The number of hydrogen-bond donors (Lipinski definition) is 1. The summed E-state index contributed by atoms with van der Waals surface area (Å²) >= 11 is 0. The van der Waals surface area contributed by atoms with E-state index in [1.807, 2.05) is 43.3 Å². The molecular weight excluding hydrogens is 410 g/mol. The fraction of sp³-hybridized carbons (Fsp3) is 0.316. The van der Waals surface area contributed by atoms with Crippen LogP contribution >= 0.6 is 0 Å². The Hall–Kier alpha value is -3.02. The van der Waals surface area contributed by atoms with Crippen molar-refractivity contribution in [1.29, 1.82) is 0 Å². The van der Waals surface area contributed by atoms with E-state index in [1.54, 1.807) is 6.21 Å². The summed E-state index contributed by atoms with van der Waals surface area (Å²) in [6.07, 6.45) is 1.55. The Morgan fingerprint density at radius 1 is 1.17 bits per heavy atom. The van der Waals surface area contributed by atoms with Crippen LogP contribution in [0.2, 0.25) is 0 Å². The maximum Gasteiger partial charge on any atom is 0.270 e. The van der Waals surface area contributed by atoms with Crippen molar-refractivity contribution in [2.24, 2.45) is 5.10 Å². The van der Waals surface area contributed by atoms with E-state index in [-0.39, 0.29) is 42.6 Å². The van der Waals surface area contributed by atoms with Gasteiger partial charge in [0, 0.05) is 45.0 Å². The van der Waals surface area contributed by atoms with Crippen LogP contribution < -0.4 is 10.3 Å². The second-order valence-corrected chi connectivity index (χ2v) is 8.72. The molecule has 1 fully saturated rings. The summed E-state index contributed by atoms with van der Waals surface area (Å²) < 4.78 is 32.6. The van der Waals surface area contributed by atoms with E-state index in [1.165, 1.54) is 16.4 Å². The topological polar surface area (TPSA) is 117 Å². The Bertz CT molecular complexity index is 1030. The van der Waals surface area contributed by atoms with E-state index in [0.29, 0.717) is 0 Å². The summed E-state index contributed by atoms with van der Waals surface area (Å²) in [6, 6.07) is 11.3. The third-order valence-corrected chi connectivity index (χ3v) is 6.51. The first-order valence-corrected chi connectivity index (χ1v) is 10.7. The normalized spacial score (nSPS) is 15.3. The lowest BCUT2D eigenvalue weighted by Crippen LogP contribution is -2.40. The summed E-state index contributed by atoms with van der Waals surface area (Å²) in [5, 5.41) is 15.3. The average molecular weight is 433 g/mol. The van der Waals surface area contributed by atoms with Gasteiger partial charge >= 0.3 is 0 Å². The van der Waals surface area contributed by atoms with Gasteiger partial charge in [-0.3, -0.25) is 15.5 Å². The minimum atomic E-state index is -3.95. The Morgan fingerprint density at radius 3 is 2.43 bits per heavy atom. The van der Waals surface area contributed by atoms with E-state index in [2.05, 4.69) is 10.5 Å². The molecule has 0 atom stereocenters. The molecule has 0 spiro atoms. The van der Waals surface area contributed by atoms with Gasteiger partial charge in [0.1, 0.15) is 4.90 Å². The number of nitro groups is 1. The molecule has 1 saturated heterocycles. The van der Waals surface area contributed by atoms with Gasteiger partial charge in [0.25, 0.3) is 5.69 Å². The number of non-ortho nitro benzene ring substituents is 1. The zero-order chi connectivity index (χ0) is 21.7. The van der Waals surface area contributed by atoms with Crippen LogP contribution in [-0.4, -0.2) is 64.3 Å². The van der Waals surface area contributed by atoms with Crippen molar-refractivity contribution in [2.45, 2.75) is 4.90 Å². The van der Waals surface area contributed by atoms with Crippen molar-refractivity contribution in [3.63, 3.8) is 0 Å². The van der Waals surface area contributed by atoms with E-state index in [4.69, 9.17) is 4.74 Å². The summed E-state index contributed by atoms with van der Waals surface area (Å²) in [5.74, 6) is 0. The molecule has 30 heavy (non-hydrogen) atoms. The SMILES string of the molecule is CN(C)c1ccc(/C=N/Nc2ccc([N+](=O)[O-])cc2S(=O)(=O)N2CCOCC2)cc1. The summed E-state index contributed by atoms with van der Waals surface area (Å²) in [6.45, 7) is 0.925. The molecule has 11 heteroatoms. The van der Waals surface area contributed by atoms with Crippen LogP contribution in [0, 0.1) is 10.1 Å². The predicted molar refractivity (Wildman–Crippen MR) is 115 cm³/mol. The van der Waals surface area contributed by atoms with Crippen molar-refractivity contribution >= 4 is 33.3 Å². The van der Waals surface area contributed by atoms with E-state index in [9.17, 15) is 18.5 Å². The number of hydrogen-bond acceptors (Lipinski definition) is 8. The molecule has 160 valence electrons. The molecule has 0 aromatic heterocycles. The van der Waals surface area contributed by atoms with Crippen molar-refractivity contribution < 1.29 is 18.1 Å². The van der Waals surface area contributed by atoms with Gasteiger partial charge in [-0.2, -0.15) is 9.41 Å². The molecule has 1 N–H and O–H groups in total. The van der Waals surface area contributed by atoms with Gasteiger partial charge in [0.05, 0.1) is 30.0 Å². The number of nitrogens with zero attached hydrogens (tertiary/aromatic N) is 4. The first-order valence-electron chi connectivity index (χ1n) is 9.22. The fourth-order valence-electron chi connectivity index (χ4n) is 2.89. The van der Waals surface area contributed by atoms with Crippen LogP contribution in [0.4, 0.5) is 17.1 Å². The number of morpholine rings is 1. The van der Waals surface area contributed by atoms with Crippen molar-refractivity contribution in [2.75, 3.05) is 50.7 Å². The highest BCUT2D eigenvalue weighted by Gasteiger charge is 2.30. The number of ether oxygens (including phenoxy) is 1. The monoisotopic (exact) mass is 433 g/mol. The number of hydrazone groups is 1. The lowest BCUT2D eigenvalue weighted by atomic mass is 10.2. The zero-order valence-electron chi connectivity index (χ0n) is 16.7. The zero-order valence-corrected chi connectivity index (χ0v) is 17.5. The molecule has 10 nitrogen and oxygen atoms in total. The molecule has 0 radical (unpaired) electrons. The van der Waals surface area contributed by atoms with Gasteiger partial charge in [-0.05, 0) is 23.8 Å². The largest absolute Gasteiger partial charge is 0.379 e. The lowest BCUT2D eigenvalue weighted by Gasteiger charge is -2.26. The summed E-state index contributed by atoms with van der Waals surface area (Å²) in [4.78, 5) is 12.3. The number of anilines is 2. The molecule has 0 aliphatic carbocycles. The molecule has 1 heterocycles. The van der Waals surface area contributed by atoms with E-state index in [0.717, 1.165) is 17.3 Å². The predicted octanol–water partition coefficient (Wildman–Crippen LogP) is 2.13. The van der Waals surface area contributed by atoms with Gasteiger partial charge in [0.2, 0.25) is 10.0 Å². The summed E-state index contributed by atoms with van der Waals surface area (Å²) in [7, 11) is -0.0716. The number of sulfonamides is 1. The quantitative estimate of drug-likeness (QED) is 0.404. The molecule has 2 aromatic rings. The molecule has 1 aliphatic rings. The Morgan fingerprint density at radius 2 is 1.83 bits per heavy atom. The Kier molecular flexibility index (Phi) is 6.65. The first-order chi connectivity index (χ1) is 14.3. The van der Waals surface area contributed by atoms with Crippen LogP contribution in [0.3, 0.4) is 0 Å². The Balaban J connectivity index is 1.87. The van der Waals surface area contributed by atoms with Gasteiger partial charge in [-0.1, -0.05) is 12.1 Å². The number of nitrogens with one attached hydrogen (secondary N) is 1. The van der Waals surface area contributed by atoms with Crippen LogP contribution in [0.15, 0.2) is 52.5 Å². The van der Waals surface area contributed by atoms with Gasteiger partial charge < -0.3 is 9.64 Å². The molecule has 0 unspecified atom stereocenters. The van der Waals surface area contributed by atoms with Crippen LogP contribution in [0.5, 0.6) is 0 Å². The molecule has 0 amide bonds. The highest BCUT2D eigenvalue weighted by Crippen LogP contribution is 2.29. The second kappa shape index (κ2) is 9.20. The second-order valence-electron chi connectivity index (χ2n) is 6.81. The molecule has 0 bridgehead atoms. The minimum Gasteiger partial charge on any atom is -0.379 e. The van der Waals surface area contributed by atoms with Crippen LogP contribution in [0.25, 0.3) is 0 Å². The number of nitro benzene ring substituents is 1. The third kappa shape index (κ3) is 4.93. The molecular formula is C19H23N5O5S.